The molecule has 184 valence electrons. The number of carbonyl (C=O) groups excluding carboxylic acids is 1. The molecule has 7 nitrogen and oxygen atoms in total. The highest BCUT2D eigenvalue weighted by molar-refractivity contribution is 5.98. The Labute approximate surface area is 206 Å². The Bertz CT molecular complexity index is 1220. The lowest BCUT2D eigenvalue weighted by Crippen LogP contribution is -2.41. The zero-order valence-electron chi connectivity index (χ0n) is 20.3. The van der Waals surface area contributed by atoms with E-state index in [4.69, 9.17) is 21.1 Å². The van der Waals surface area contributed by atoms with E-state index in [9.17, 15) is 4.79 Å². The number of carbonyl (C=O) groups is 1. The van der Waals surface area contributed by atoms with Crippen LogP contribution < -0.4 is 16.6 Å². The predicted molar refractivity (Wildman–Crippen MR) is 140 cm³/mol. The largest absolute Gasteiger partial charge is 0.397 e. The molecule has 5 aliphatic rings. The van der Waals surface area contributed by atoms with Crippen LogP contribution in [0.25, 0.3) is 10.8 Å². The predicted octanol–water partition coefficient (Wildman–Crippen LogP) is 3.65. The van der Waals surface area contributed by atoms with E-state index in [2.05, 4.69) is 24.3 Å². The summed E-state index contributed by atoms with van der Waals surface area (Å²) < 4.78 is 11.7. The van der Waals surface area contributed by atoms with Crippen molar-refractivity contribution in [3.8, 4) is 0 Å². The quantitative estimate of drug-likeness (QED) is 0.382. The summed E-state index contributed by atoms with van der Waals surface area (Å²) in [7, 11) is 0. The molecule has 1 amide bonds. The van der Waals surface area contributed by atoms with Crippen LogP contribution in [0.4, 0.5) is 11.4 Å². The highest BCUT2D eigenvalue weighted by Gasteiger charge is 2.24. The van der Waals surface area contributed by atoms with Crippen LogP contribution in [0, 0.1) is 6.92 Å². The first-order chi connectivity index (χ1) is 17.0. The van der Waals surface area contributed by atoms with Gasteiger partial charge < -0.3 is 25.1 Å². The Morgan fingerprint density at radius 2 is 1.71 bits per heavy atom. The molecule has 3 aromatic carbocycles. The fraction of sp³-hybridized carbons (Fsp3) is 0.393. The number of ether oxygens (including phenoxy) is 2. The van der Waals surface area contributed by atoms with Crippen LogP contribution in [-0.2, 0) is 15.9 Å². The SMILES string of the molecule is Cc1c2ccc(c1N)N(N)CCOCCOC1CCN(CC1)C(=O)c1ccc3ccc(cc3c1)C2. The number of hydrogen-bond donors (Lipinski definition) is 2. The van der Waals surface area contributed by atoms with Crippen molar-refractivity contribution in [2.75, 3.05) is 50.2 Å². The van der Waals surface area contributed by atoms with Crippen molar-refractivity contribution in [3.63, 3.8) is 0 Å². The van der Waals surface area contributed by atoms with Crippen LogP contribution in [-0.4, -0.2) is 56.4 Å². The average Bonchev–Trinajstić information content (AvgIpc) is 2.88. The zero-order chi connectivity index (χ0) is 24.4. The van der Waals surface area contributed by atoms with Crippen molar-refractivity contribution in [1.29, 1.82) is 0 Å². The summed E-state index contributed by atoms with van der Waals surface area (Å²) in [6.45, 7) is 5.53. The summed E-state index contributed by atoms with van der Waals surface area (Å²) in [6, 6.07) is 16.5. The molecule has 0 aliphatic carbocycles. The topological polar surface area (TPSA) is 94.1 Å². The molecule has 4 N–H and O–H groups in total. The lowest BCUT2D eigenvalue weighted by Gasteiger charge is -2.32. The van der Waals surface area contributed by atoms with Crippen LogP contribution in [0.2, 0.25) is 0 Å². The van der Waals surface area contributed by atoms with Gasteiger partial charge in [0, 0.05) is 18.7 Å². The van der Waals surface area contributed by atoms with Crippen molar-refractivity contribution >= 4 is 28.1 Å². The van der Waals surface area contributed by atoms with Crippen molar-refractivity contribution in [3.05, 3.63) is 70.8 Å². The van der Waals surface area contributed by atoms with E-state index >= 15 is 0 Å². The Kier molecular flexibility index (Phi) is 6.90. The molecule has 0 spiro atoms. The van der Waals surface area contributed by atoms with Crippen molar-refractivity contribution in [2.45, 2.75) is 32.3 Å². The molecular formula is C28H34N4O3. The summed E-state index contributed by atoms with van der Waals surface area (Å²) >= 11 is 0. The first kappa shape index (κ1) is 23.6. The molecule has 3 aromatic rings. The van der Waals surface area contributed by atoms with Crippen LogP contribution in [0.3, 0.4) is 0 Å². The third kappa shape index (κ3) is 5.12. The van der Waals surface area contributed by atoms with Gasteiger partial charge in [0.05, 0.1) is 43.8 Å². The number of nitrogens with two attached hydrogens (primary N) is 2. The Morgan fingerprint density at radius 3 is 2.54 bits per heavy atom. The van der Waals surface area contributed by atoms with Gasteiger partial charge in [0.25, 0.3) is 5.91 Å². The minimum atomic E-state index is 0.0896. The van der Waals surface area contributed by atoms with Crippen molar-refractivity contribution in [1.82, 2.24) is 4.90 Å². The molecule has 7 heteroatoms. The minimum absolute atomic E-state index is 0.0896. The molecule has 0 radical (unpaired) electrons. The maximum absolute atomic E-state index is 13.2. The number of amides is 1. The third-order valence-electron chi connectivity index (χ3n) is 7.25. The highest BCUT2D eigenvalue weighted by Crippen LogP contribution is 2.30. The third-order valence-corrected chi connectivity index (χ3v) is 7.25. The van der Waals surface area contributed by atoms with Crippen molar-refractivity contribution in [2.24, 2.45) is 5.84 Å². The van der Waals surface area contributed by atoms with Gasteiger partial charge in [0.15, 0.2) is 0 Å². The van der Waals surface area contributed by atoms with Gasteiger partial charge in [0.1, 0.15) is 0 Å². The number of benzene rings is 3. The fourth-order valence-corrected chi connectivity index (χ4v) is 5.03. The van der Waals surface area contributed by atoms with Crippen LogP contribution in [0.5, 0.6) is 0 Å². The molecule has 1 saturated heterocycles. The van der Waals surface area contributed by atoms with E-state index in [0.717, 1.165) is 52.4 Å². The molecule has 7 bridgehead atoms. The van der Waals surface area contributed by atoms with Gasteiger partial charge in [0.2, 0.25) is 0 Å². The molecule has 0 saturated carbocycles. The van der Waals surface area contributed by atoms with Crippen LogP contribution in [0.1, 0.15) is 39.9 Å². The van der Waals surface area contributed by atoms with Gasteiger partial charge in [-0.1, -0.05) is 30.3 Å². The Hall–Kier alpha value is -3.13. The van der Waals surface area contributed by atoms with Gasteiger partial charge in [-0.15, -0.1) is 0 Å². The van der Waals surface area contributed by atoms with Crippen LogP contribution in [0.15, 0.2) is 48.5 Å². The maximum atomic E-state index is 13.2. The zero-order valence-corrected chi connectivity index (χ0v) is 20.3. The first-order valence-electron chi connectivity index (χ1n) is 12.4. The maximum Gasteiger partial charge on any atom is 0.253 e. The Balaban J connectivity index is 1.46. The second-order valence-electron chi connectivity index (χ2n) is 9.52. The smallest absolute Gasteiger partial charge is 0.253 e. The number of nitrogen functional groups attached to an aromatic ring is 1. The summed E-state index contributed by atoms with van der Waals surface area (Å²) in [6.07, 6.45) is 2.60. The number of rotatable bonds is 0. The second-order valence-corrected chi connectivity index (χ2v) is 9.52. The summed E-state index contributed by atoms with van der Waals surface area (Å²) in [4.78, 5) is 15.2. The normalized spacial score (nSPS) is 18.4. The molecule has 5 aliphatic heterocycles. The molecule has 0 aromatic heterocycles. The molecule has 35 heavy (non-hydrogen) atoms. The fourth-order valence-electron chi connectivity index (χ4n) is 5.03. The van der Waals surface area contributed by atoms with E-state index in [-0.39, 0.29) is 12.0 Å². The summed E-state index contributed by atoms with van der Waals surface area (Å²) in [5.41, 5.74) is 12.1. The van der Waals surface area contributed by atoms with Gasteiger partial charge in [-0.05, 0) is 71.8 Å². The molecule has 0 unspecified atom stereocenters. The van der Waals surface area contributed by atoms with E-state index < -0.39 is 0 Å². The Morgan fingerprint density at radius 1 is 0.914 bits per heavy atom. The number of piperidine rings is 1. The lowest BCUT2D eigenvalue weighted by atomic mass is 9.96. The molecular weight excluding hydrogens is 440 g/mol. The second kappa shape index (κ2) is 10.2. The molecule has 5 heterocycles. The monoisotopic (exact) mass is 474 g/mol. The highest BCUT2D eigenvalue weighted by atomic mass is 16.5. The minimum Gasteiger partial charge on any atom is -0.397 e. The number of hydrazine groups is 1. The number of nitrogens with zero attached hydrogens (tertiary/aromatic N) is 2. The van der Waals surface area contributed by atoms with Gasteiger partial charge in [-0.25, -0.2) is 5.84 Å². The average molecular weight is 475 g/mol. The molecule has 0 atom stereocenters. The summed E-state index contributed by atoms with van der Waals surface area (Å²) in [5, 5.41) is 3.85. The lowest BCUT2D eigenvalue weighted by molar-refractivity contribution is -0.0190. The van der Waals surface area contributed by atoms with E-state index in [1.807, 2.05) is 36.1 Å². The van der Waals surface area contributed by atoms with E-state index in [1.165, 1.54) is 5.56 Å². The number of anilines is 2. The van der Waals surface area contributed by atoms with Crippen molar-refractivity contribution < 1.29 is 14.3 Å². The standard InChI is InChI=1S/C28H34N4O3/c1-19-22-6-7-26(27(19)29)32(30)12-13-34-14-15-35-25-8-10-31(11-9-25)28(33)23-5-4-21-3-2-20(16-22)17-24(21)18-23/h2-7,17-18,25H,8-16,29-30H2,1H3. The number of hydrogen-bond acceptors (Lipinski definition) is 6. The van der Waals surface area contributed by atoms with Gasteiger partial charge in [-0.2, -0.15) is 0 Å². The molecule has 1 fully saturated rings. The van der Waals surface area contributed by atoms with E-state index in [0.29, 0.717) is 45.1 Å². The van der Waals surface area contributed by atoms with Gasteiger partial charge in [-0.3, -0.25) is 4.79 Å². The first-order valence-corrected chi connectivity index (χ1v) is 12.4. The van der Waals surface area contributed by atoms with Crippen LogP contribution >= 0.6 is 0 Å². The summed E-state index contributed by atoms with van der Waals surface area (Å²) in [5.74, 6) is 6.39. The molecule has 8 rings (SSSR count). The van der Waals surface area contributed by atoms with E-state index in [1.54, 1.807) is 5.01 Å². The van der Waals surface area contributed by atoms with Gasteiger partial charge >= 0.3 is 0 Å².